The molecule has 0 aliphatic heterocycles. The summed E-state index contributed by atoms with van der Waals surface area (Å²) in [5.74, 6) is 0. The van der Waals surface area contributed by atoms with Crippen LogP contribution in [0.2, 0.25) is 0 Å². The van der Waals surface area contributed by atoms with Crippen molar-refractivity contribution in [2.24, 2.45) is 0 Å². The third-order valence-corrected chi connectivity index (χ3v) is 2.00. The van der Waals surface area contributed by atoms with E-state index in [0.29, 0.717) is 0 Å². The minimum Gasteiger partial charge on any atom is -0.259 e. The number of nitrogens with zero attached hydrogens (tertiary/aromatic N) is 2. The molecule has 0 unspecified atom stereocenters. The number of rotatable bonds is 2. The molecule has 0 aromatic heterocycles. The van der Waals surface area contributed by atoms with Gasteiger partial charge in [0.05, 0.1) is 21.0 Å². The van der Waals surface area contributed by atoms with Crippen molar-refractivity contribution in [3.05, 3.63) is 42.7 Å². The predicted octanol–water partition coefficient (Wildman–Crippen LogP) is 1.67. The molecule has 1 aliphatic carbocycles. The molecule has 0 aromatic rings. The molecule has 1 aliphatic rings. The second-order valence-corrected chi connectivity index (χ2v) is 2.90. The summed E-state index contributed by atoms with van der Waals surface area (Å²) < 4.78 is 0. The summed E-state index contributed by atoms with van der Waals surface area (Å²) in [5, 5.41) is 20.7. The molecule has 0 saturated heterocycles. The number of hydrogen-bond acceptors (Lipinski definition) is 4. The molecule has 6 nitrogen and oxygen atoms in total. The molecule has 0 radical (unpaired) electrons. The first kappa shape index (κ1) is 9.66. The fourth-order valence-electron chi connectivity index (χ4n) is 0.970. The number of nitro groups is 2. The van der Waals surface area contributed by atoms with E-state index in [4.69, 9.17) is 11.6 Å². The zero-order chi connectivity index (χ0) is 10.0. The van der Waals surface area contributed by atoms with E-state index in [2.05, 4.69) is 0 Å². The van der Waals surface area contributed by atoms with Crippen LogP contribution in [-0.4, -0.2) is 9.85 Å². The summed E-state index contributed by atoms with van der Waals surface area (Å²) in [6, 6.07) is 0. The molecule has 0 N–H and O–H groups in total. The van der Waals surface area contributed by atoms with Crippen molar-refractivity contribution in [2.75, 3.05) is 0 Å². The molecule has 0 atom stereocenters. The maximum Gasteiger partial charge on any atom is 0.290 e. The van der Waals surface area contributed by atoms with Gasteiger partial charge < -0.3 is 0 Å². The molecule has 0 aromatic carbocycles. The minimum absolute atomic E-state index is 0.0654. The molecule has 0 heterocycles. The lowest BCUT2D eigenvalue weighted by molar-refractivity contribution is -0.438. The van der Waals surface area contributed by atoms with Gasteiger partial charge >= 0.3 is 0 Å². The van der Waals surface area contributed by atoms with Crippen molar-refractivity contribution >= 4 is 11.6 Å². The molecule has 0 spiro atoms. The Labute approximate surface area is 77.8 Å². The van der Waals surface area contributed by atoms with Gasteiger partial charge in [-0.1, -0.05) is 11.6 Å². The Balaban J connectivity index is 3.05. The van der Waals surface area contributed by atoms with Crippen LogP contribution in [0.15, 0.2) is 22.5 Å². The third-order valence-electron chi connectivity index (χ3n) is 1.61. The zero-order valence-corrected chi connectivity index (χ0v) is 7.15. The first-order valence-corrected chi connectivity index (χ1v) is 3.78. The Bertz CT molecular complexity index is 334. The van der Waals surface area contributed by atoms with Crippen LogP contribution < -0.4 is 0 Å². The second-order valence-electron chi connectivity index (χ2n) is 2.44. The summed E-state index contributed by atoms with van der Waals surface area (Å²) in [5.41, 5.74) is -0.546. The van der Waals surface area contributed by atoms with Gasteiger partial charge in [-0.05, 0) is 0 Å². The first-order valence-electron chi connectivity index (χ1n) is 3.40. The summed E-state index contributed by atoms with van der Waals surface area (Å²) in [6.45, 7) is 0. The monoisotopic (exact) mass is 204 g/mol. The largest absolute Gasteiger partial charge is 0.290 e. The molecule has 7 heteroatoms. The average Bonchev–Trinajstić information content (AvgIpc) is 2.04. The van der Waals surface area contributed by atoms with Gasteiger partial charge in [0.25, 0.3) is 11.4 Å². The summed E-state index contributed by atoms with van der Waals surface area (Å²) >= 11 is 5.52. The van der Waals surface area contributed by atoms with Crippen LogP contribution in [0, 0.1) is 20.2 Å². The Morgan fingerprint density at radius 1 is 1.23 bits per heavy atom. The lowest BCUT2D eigenvalue weighted by Crippen LogP contribution is -2.08. The van der Waals surface area contributed by atoms with Gasteiger partial charge in [0.2, 0.25) is 0 Å². The van der Waals surface area contributed by atoms with Crippen LogP contribution in [0.1, 0.15) is 12.8 Å². The molecule has 0 fully saturated rings. The van der Waals surface area contributed by atoms with E-state index in [1.54, 1.807) is 0 Å². The lowest BCUT2D eigenvalue weighted by atomic mass is 10.1. The van der Waals surface area contributed by atoms with Crippen LogP contribution in [0.4, 0.5) is 0 Å². The van der Waals surface area contributed by atoms with Crippen molar-refractivity contribution in [1.82, 2.24) is 0 Å². The Morgan fingerprint density at radius 3 is 2.31 bits per heavy atom. The fourth-order valence-corrected chi connectivity index (χ4v) is 1.19. The highest BCUT2D eigenvalue weighted by atomic mass is 35.5. The third kappa shape index (κ3) is 2.03. The van der Waals surface area contributed by atoms with Gasteiger partial charge in [-0.15, -0.1) is 0 Å². The Kier molecular flexibility index (Phi) is 2.62. The van der Waals surface area contributed by atoms with E-state index in [1.807, 2.05) is 0 Å². The van der Waals surface area contributed by atoms with E-state index in [-0.39, 0.29) is 29.3 Å². The molecule has 70 valence electrons. The quantitative estimate of drug-likeness (QED) is 0.506. The SMILES string of the molecule is O=[N+]([O-])C1=CC([N+](=O)[O-])=C(Cl)CC1. The number of hydrogen-bond donors (Lipinski definition) is 0. The summed E-state index contributed by atoms with van der Waals surface area (Å²) in [7, 11) is 0. The van der Waals surface area contributed by atoms with Gasteiger partial charge in [0.1, 0.15) is 0 Å². The Hall–Kier alpha value is -1.43. The maximum absolute atomic E-state index is 10.3. The molecule has 0 bridgehead atoms. The summed E-state index contributed by atoms with van der Waals surface area (Å²) in [6.07, 6.45) is 1.21. The highest BCUT2D eigenvalue weighted by Crippen LogP contribution is 2.26. The standard InChI is InChI=1S/C6H5ClN2O4/c7-5-2-1-4(8(10)11)3-6(5)9(12)13/h3H,1-2H2. The molecule has 0 amide bonds. The van der Waals surface area contributed by atoms with Crippen molar-refractivity contribution in [3.8, 4) is 0 Å². The minimum atomic E-state index is -0.717. The number of halogens is 1. The Morgan fingerprint density at radius 2 is 1.85 bits per heavy atom. The van der Waals surface area contributed by atoms with Crippen molar-refractivity contribution < 1.29 is 9.85 Å². The van der Waals surface area contributed by atoms with Crippen LogP contribution in [0.25, 0.3) is 0 Å². The van der Waals surface area contributed by atoms with Crippen LogP contribution in [0.5, 0.6) is 0 Å². The normalized spacial score (nSPS) is 16.8. The highest BCUT2D eigenvalue weighted by Gasteiger charge is 2.26. The van der Waals surface area contributed by atoms with E-state index in [1.165, 1.54) is 0 Å². The van der Waals surface area contributed by atoms with Gasteiger partial charge in [0, 0.05) is 12.8 Å². The fraction of sp³-hybridized carbons (Fsp3) is 0.333. The molecule has 1 rings (SSSR count). The smallest absolute Gasteiger partial charge is 0.259 e. The predicted molar refractivity (Wildman–Crippen MR) is 44.2 cm³/mol. The highest BCUT2D eigenvalue weighted by molar-refractivity contribution is 6.30. The topological polar surface area (TPSA) is 86.3 Å². The van der Waals surface area contributed by atoms with Crippen molar-refractivity contribution in [1.29, 1.82) is 0 Å². The molecular weight excluding hydrogens is 200 g/mol. The van der Waals surface area contributed by atoms with Crippen LogP contribution in [-0.2, 0) is 0 Å². The lowest BCUT2D eigenvalue weighted by Gasteiger charge is -2.04. The van der Waals surface area contributed by atoms with Crippen LogP contribution in [0.3, 0.4) is 0 Å². The van der Waals surface area contributed by atoms with Crippen molar-refractivity contribution in [2.45, 2.75) is 12.8 Å². The van der Waals surface area contributed by atoms with Crippen molar-refractivity contribution in [3.63, 3.8) is 0 Å². The van der Waals surface area contributed by atoms with Gasteiger partial charge in [-0.2, -0.15) is 0 Å². The van der Waals surface area contributed by atoms with Gasteiger partial charge in [0.15, 0.2) is 0 Å². The van der Waals surface area contributed by atoms with Gasteiger partial charge in [-0.3, -0.25) is 20.2 Å². The summed E-state index contributed by atoms with van der Waals surface area (Å²) in [4.78, 5) is 19.3. The van der Waals surface area contributed by atoms with Crippen LogP contribution >= 0.6 is 11.6 Å². The van der Waals surface area contributed by atoms with E-state index < -0.39 is 9.85 Å². The number of allylic oxidation sites excluding steroid dienone is 3. The maximum atomic E-state index is 10.3. The van der Waals surface area contributed by atoms with E-state index in [9.17, 15) is 20.2 Å². The van der Waals surface area contributed by atoms with E-state index >= 15 is 0 Å². The first-order chi connectivity index (χ1) is 6.02. The second kappa shape index (κ2) is 3.53. The van der Waals surface area contributed by atoms with E-state index in [0.717, 1.165) is 6.08 Å². The average molecular weight is 205 g/mol. The molecular formula is C6H5ClN2O4. The molecule has 0 saturated carbocycles. The van der Waals surface area contributed by atoms with Gasteiger partial charge in [-0.25, -0.2) is 0 Å². The zero-order valence-electron chi connectivity index (χ0n) is 6.40. The molecule has 13 heavy (non-hydrogen) atoms.